The molecular weight excluding hydrogens is 376 g/mol. The lowest BCUT2D eigenvalue weighted by Crippen LogP contribution is -2.53. The predicted octanol–water partition coefficient (Wildman–Crippen LogP) is 4.32. The van der Waals surface area contributed by atoms with Crippen molar-refractivity contribution in [2.75, 3.05) is 6.61 Å². The average molecular weight is 411 g/mol. The van der Waals surface area contributed by atoms with Gasteiger partial charge < -0.3 is 15.0 Å². The third kappa shape index (κ3) is 6.90. The topological polar surface area (TPSA) is 58.6 Å². The van der Waals surface area contributed by atoms with E-state index in [0.29, 0.717) is 12.3 Å². The average Bonchev–Trinajstić information content (AvgIpc) is 2.63. The number of rotatable bonds is 7. The van der Waals surface area contributed by atoms with E-state index in [9.17, 15) is 9.59 Å². The van der Waals surface area contributed by atoms with Gasteiger partial charge in [-0.15, -0.1) is 0 Å². The Kier molecular flexibility index (Phi) is 7.65. The molecule has 0 aliphatic rings. The van der Waals surface area contributed by atoms with Gasteiger partial charge in [0, 0.05) is 12.1 Å². The number of ether oxygens (including phenoxy) is 1. The van der Waals surface area contributed by atoms with E-state index in [-0.39, 0.29) is 24.0 Å². The zero-order valence-electron chi connectivity index (χ0n) is 19.2. The van der Waals surface area contributed by atoms with Crippen LogP contribution in [0.1, 0.15) is 49.9 Å². The maximum absolute atomic E-state index is 13.1. The van der Waals surface area contributed by atoms with Crippen molar-refractivity contribution >= 4 is 11.8 Å². The van der Waals surface area contributed by atoms with E-state index in [1.165, 1.54) is 0 Å². The number of carbonyl (C=O) groups excluding carboxylic acids is 2. The number of benzene rings is 2. The van der Waals surface area contributed by atoms with Crippen molar-refractivity contribution in [1.29, 1.82) is 0 Å². The van der Waals surface area contributed by atoms with Crippen LogP contribution in [0, 0.1) is 20.8 Å². The zero-order valence-corrected chi connectivity index (χ0v) is 19.2. The molecule has 0 bridgehead atoms. The maximum Gasteiger partial charge on any atom is 0.261 e. The third-order valence-corrected chi connectivity index (χ3v) is 4.82. The summed E-state index contributed by atoms with van der Waals surface area (Å²) in [4.78, 5) is 27.5. The van der Waals surface area contributed by atoms with Crippen LogP contribution in [0.25, 0.3) is 0 Å². The molecule has 2 aromatic rings. The molecule has 162 valence electrons. The highest BCUT2D eigenvalue weighted by molar-refractivity contribution is 5.88. The molecule has 2 amide bonds. The van der Waals surface area contributed by atoms with Gasteiger partial charge in [0.05, 0.1) is 0 Å². The number of amides is 2. The molecule has 1 atom stereocenters. The normalized spacial score (nSPS) is 12.2. The summed E-state index contributed by atoms with van der Waals surface area (Å²) in [6.45, 7) is 13.7. The van der Waals surface area contributed by atoms with Gasteiger partial charge in [-0.3, -0.25) is 9.59 Å². The molecule has 5 heteroatoms. The van der Waals surface area contributed by atoms with Gasteiger partial charge in [0.1, 0.15) is 11.8 Å². The minimum atomic E-state index is -0.626. The monoisotopic (exact) mass is 410 g/mol. The van der Waals surface area contributed by atoms with Crippen molar-refractivity contribution in [2.45, 2.75) is 66.6 Å². The van der Waals surface area contributed by atoms with Crippen molar-refractivity contribution in [3.63, 3.8) is 0 Å². The maximum atomic E-state index is 13.1. The summed E-state index contributed by atoms with van der Waals surface area (Å²) in [6.07, 6.45) is 0. The smallest absolute Gasteiger partial charge is 0.261 e. The Bertz CT molecular complexity index is 879. The van der Waals surface area contributed by atoms with E-state index < -0.39 is 6.04 Å². The van der Waals surface area contributed by atoms with Crippen LogP contribution in [0.4, 0.5) is 0 Å². The van der Waals surface area contributed by atoms with Crippen LogP contribution in [0.5, 0.6) is 5.75 Å². The van der Waals surface area contributed by atoms with Gasteiger partial charge >= 0.3 is 0 Å². The summed E-state index contributed by atoms with van der Waals surface area (Å²) >= 11 is 0. The summed E-state index contributed by atoms with van der Waals surface area (Å²) in [6, 6.07) is 13.1. The summed E-state index contributed by atoms with van der Waals surface area (Å²) < 4.78 is 5.79. The lowest BCUT2D eigenvalue weighted by molar-refractivity contribution is -0.142. The van der Waals surface area contributed by atoms with Crippen molar-refractivity contribution < 1.29 is 14.3 Å². The molecule has 2 aromatic carbocycles. The molecule has 0 spiro atoms. The van der Waals surface area contributed by atoms with Crippen molar-refractivity contribution in [3.8, 4) is 5.75 Å². The van der Waals surface area contributed by atoms with E-state index >= 15 is 0 Å². The van der Waals surface area contributed by atoms with Crippen LogP contribution in [-0.2, 0) is 16.1 Å². The number of nitrogens with zero attached hydrogens (tertiary/aromatic N) is 1. The first-order valence-corrected chi connectivity index (χ1v) is 10.3. The Morgan fingerprint density at radius 1 is 1.03 bits per heavy atom. The minimum absolute atomic E-state index is 0.123. The Morgan fingerprint density at radius 2 is 1.63 bits per heavy atom. The van der Waals surface area contributed by atoms with Crippen LogP contribution in [0.2, 0.25) is 0 Å². The van der Waals surface area contributed by atoms with Crippen molar-refractivity contribution in [1.82, 2.24) is 10.2 Å². The molecule has 0 heterocycles. The number of aryl methyl sites for hydroxylation is 3. The SMILES string of the molecule is Cc1cc(C)cc(OCC(=O)N(Cc2ccccc2C)C(C)C(=O)NC(C)(C)C)c1. The third-order valence-electron chi connectivity index (χ3n) is 4.82. The lowest BCUT2D eigenvalue weighted by Gasteiger charge is -2.31. The fourth-order valence-electron chi connectivity index (χ4n) is 3.27. The van der Waals surface area contributed by atoms with Crippen molar-refractivity contribution in [2.24, 2.45) is 0 Å². The van der Waals surface area contributed by atoms with Gasteiger partial charge in [0.15, 0.2) is 6.61 Å². The molecule has 0 aliphatic carbocycles. The lowest BCUT2D eigenvalue weighted by atomic mass is 10.1. The first-order chi connectivity index (χ1) is 14.0. The molecule has 2 rings (SSSR count). The molecule has 0 radical (unpaired) electrons. The van der Waals surface area contributed by atoms with Crippen LogP contribution < -0.4 is 10.1 Å². The van der Waals surface area contributed by atoms with E-state index in [4.69, 9.17) is 4.74 Å². The van der Waals surface area contributed by atoms with E-state index in [1.54, 1.807) is 11.8 Å². The number of hydrogen-bond donors (Lipinski definition) is 1. The van der Waals surface area contributed by atoms with Gasteiger partial charge in [0.25, 0.3) is 5.91 Å². The van der Waals surface area contributed by atoms with Crippen LogP contribution in [-0.4, -0.2) is 34.9 Å². The largest absolute Gasteiger partial charge is 0.484 e. The zero-order chi connectivity index (χ0) is 22.5. The molecule has 30 heavy (non-hydrogen) atoms. The molecule has 1 N–H and O–H groups in total. The fourth-order valence-corrected chi connectivity index (χ4v) is 3.27. The molecule has 1 unspecified atom stereocenters. The summed E-state index contributed by atoms with van der Waals surface area (Å²) in [5.41, 5.74) is 3.86. The summed E-state index contributed by atoms with van der Waals surface area (Å²) in [5.74, 6) is 0.244. The molecular formula is C25H34N2O3. The van der Waals surface area contributed by atoms with Gasteiger partial charge in [-0.05, 0) is 82.9 Å². The fraction of sp³-hybridized carbons (Fsp3) is 0.440. The molecule has 5 nitrogen and oxygen atoms in total. The Hall–Kier alpha value is -2.82. The van der Waals surface area contributed by atoms with E-state index in [1.807, 2.05) is 77.9 Å². The van der Waals surface area contributed by atoms with Crippen LogP contribution in [0.15, 0.2) is 42.5 Å². The highest BCUT2D eigenvalue weighted by Crippen LogP contribution is 2.18. The number of hydrogen-bond acceptors (Lipinski definition) is 3. The number of nitrogens with one attached hydrogen (secondary N) is 1. The second-order valence-electron chi connectivity index (χ2n) is 8.98. The minimum Gasteiger partial charge on any atom is -0.484 e. The quantitative estimate of drug-likeness (QED) is 0.739. The van der Waals surface area contributed by atoms with Crippen LogP contribution >= 0.6 is 0 Å². The molecule has 0 fully saturated rings. The summed E-state index contributed by atoms with van der Waals surface area (Å²) in [7, 11) is 0. The van der Waals surface area contributed by atoms with E-state index in [2.05, 4.69) is 11.4 Å². The van der Waals surface area contributed by atoms with Crippen LogP contribution in [0.3, 0.4) is 0 Å². The van der Waals surface area contributed by atoms with Gasteiger partial charge in [0.2, 0.25) is 5.91 Å². The summed E-state index contributed by atoms with van der Waals surface area (Å²) in [5, 5.41) is 2.97. The Labute approximate surface area is 180 Å². The Morgan fingerprint density at radius 3 is 2.20 bits per heavy atom. The molecule has 0 aliphatic heterocycles. The van der Waals surface area contributed by atoms with Gasteiger partial charge in [-0.2, -0.15) is 0 Å². The van der Waals surface area contributed by atoms with E-state index in [0.717, 1.165) is 22.3 Å². The van der Waals surface area contributed by atoms with Gasteiger partial charge in [-0.25, -0.2) is 0 Å². The van der Waals surface area contributed by atoms with Gasteiger partial charge in [-0.1, -0.05) is 30.3 Å². The first kappa shape index (κ1) is 23.5. The first-order valence-electron chi connectivity index (χ1n) is 10.3. The molecule has 0 saturated heterocycles. The Balaban J connectivity index is 2.21. The van der Waals surface area contributed by atoms with Crippen molar-refractivity contribution in [3.05, 3.63) is 64.7 Å². The molecule has 0 saturated carbocycles. The number of carbonyl (C=O) groups is 2. The standard InChI is InChI=1S/C25H34N2O3/c1-17-12-18(2)14-22(13-17)30-16-23(28)27(15-21-11-9-8-10-19(21)3)20(4)24(29)26-25(5,6)7/h8-14,20H,15-16H2,1-7H3,(H,26,29). The highest BCUT2D eigenvalue weighted by Gasteiger charge is 2.29. The predicted molar refractivity (Wildman–Crippen MR) is 120 cm³/mol. The molecule has 0 aromatic heterocycles. The highest BCUT2D eigenvalue weighted by atomic mass is 16.5. The second kappa shape index (κ2) is 9.79. The second-order valence-corrected chi connectivity index (χ2v) is 8.98.